The van der Waals surface area contributed by atoms with Crippen molar-refractivity contribution in [3.05, 3.63) is 0 Å². The fourth-order valence-corrected chi connectivity index (χ4v) is 2.63. The maximum Gasteiger partial charge on any atom is 0.00971 e. The predicted molar refractivity (Wildman–Crippen MR) is 58.9 cm³/mol. The molecule has 0 saturated carbocycles. The highest BCUT2D eigenvalue weighted by molar-refractivity contribution is 4.85. The van der Waals surface area contributed by atoms with E-state index in [0.29, 0.717) is 5.41 Å². The Morgan fingerprint density at radius 2 is 1.77 bits per heavy atom. The summed E-state index contributed by atoms with van der Waals surface area (Å²) >= 11 is 0. The van der Waals surface area contributed by atoms with Gasteiger partial charge in [0.2, 0.25) is 0 Å². The van der Waals surface area contributed by atoms with Crippen molar-refractivity contribution in [1.29, 1.82) is 0 Å². The van der Waals surface area contributed by atoms with Crippen molar-refractivity contribution >= 4 is 0 Å². The van der Waals surface area contributed by atoms with E-state index in [1.54, 1.807) is 0 Å². The minimum Gasteiger partial charge on any atom is -0.303 e. The van der Waals surface area contributed by atoms with E-state index in [-0.39, 0.29) is 0 Å². The average Bonchev–Trinajstić information content (AvgIpc) is 2.14. The summed E-state index contributed by atoms with van der Waals surface area (Å²) in [6, 6.07) is 0.752. The molecule has 1 nitrogen and oxygen atoms in total. The van der Waals surface area contributed by atoms with Gasteiger partial charge in [-0.05, 0) is 44.7 Å². The lowest BCUT2D eigenvalue weighted by Gasteiger charge is -2.38. The molecule has 0 radical (unpaired) electrons. The van der Waals surface area contributed by atoms with Crippen molar-refractivity contribution in [2.24, 2.45) is 11.3 Å². The van der Waals surface area contributed by atoms with Crippen LogP contribution in [0.2, 0.25) is 0 Å². The molecule has 0 aromatic carbocycles. The molecule has 1 aliphatic rings. The normalized spacial score (nSPS) is 33.0. The summed E-state index contributed by atoms with van der Waals surface area (Å²) < 4.78 is 0. The SMILES string of the molecule is CC1C(C(C)(C)C)CCCCN1C. The third-order valence-corrected chi connectivity index (χ3v) is 3.67. The Bertz CT molecular complexity index is 157. The van der Waals surface area contributed by atoms with E-state index in [9.17, 15) is 0 Å². The molecule has 0 N–H and O–H groups in total. The van der Waals surface area contributed by atoms with Crippen LogP contribution in [0.15, 0.2) is 0 Å². The largest absolute Gasteiger partial charge is 0.303 e. The summed E-state index contributed by atoms with van der Waals surface area (Å²) in [6.07, 6.45) is 4.21. The fourth-order valence-electron chi connectivity index (χ4n) is 2.63. The number of hydrogen-bond donors (Lipinski definition) is 0. The molecule has 2 atom stereocenters. The van der Waals surface area contributed by atoms with Crippen LogP contribution in [0.4, 0.5) is 0 Å². The molecule has 0 aromatic heterocycles. The van der Waals surface area contributed by atoms with Crippen molar-refractivity contribution in [2.75, 3.05) is 13.6 Å². The molecular weight excluding hydrogens is 158 g/mol. The van der Waals surface area contributed by atoms with Crippen LogP contribution in [0.25, 0.3) is 0 Å². The van der Waals surface area contributed by atoms with Crippen LogP contribution in [0.1, 0.15) is 47.0 Å². The lowest BCUT2D eigenvalue weighted by molar-refractivity contribution is 0.115. The van der Waals surface area contributed by atoms with Gasteiger partial charge in [0.15, 0.2) is 0 Å². The zero-order valence-corrected chi connectivity index (χ0v) is 9.93. The van der Waals surface area contributed by atoms with Crippen LogP contribution in [0.5, 0.6) is 0 Å². The van der Waals surface area contributed by atoms with Gasteiger partial charge in [-0.3, -0.25) is 0 Å². The zero-order chi connectivity index (χ0) is 10.1. The Kier molecular flexibility index (Phi) is 3.39. The summed E-state index contributed by atoms with van der Waals surface area (Å²) in [7, 11) is 2.27. The number of likely N-dealkylation sites (tertiary alicyclic amines) is 1. The van der Waals surface area contributed by atoms with Crippen molar-refractivity contribution < 1.29 is 0 Å². The summed E-state index contributed by atoms with van der Waals surface area (Å²) in [6.45, 7) is 10.8. The zero-order valence-electron chi connectivity index (χ0n) is 9.93. The van der Waals surface area contributed by atoms with Crippen LogP contribution >= 0.6 is 0 Å². The highest BCUT2D eigenvalue weighted by Crippen LogP contribution is 2.36. The molecule has 0 aromatic rings. The Labute approximate surface area is 83.5 Å². The molecule has 0 aliphatic carbocycles. The van der Waals surface area contributed by atoms with Crippen molar-refractivity contribution in [3.63, 3.8) is 0 Å². The second-order valence-electron chi connectivity index (χ2n) is 5.69. The summed E-state index contributed by atoms with van der Waals surface area (Å²) in [4.78, 5) is 2.53. The second kappa shape index (κ2) is 4.00. The van der Waals surface area contributed by atoms with Crippen LogP contribution < -0.4 is 0 Å². The lowest BCUT2D eigenvalue weighted by atomic mass is 9.74. The van der Waals surface area contributed by atoms with Gasteiger partial charge in [0, 0.05) is 6.04 Å². The quantitative estimate of drug-likeness (QED) is 0.557. The second-order valence-corrected chi connectivity index (χ2v) is 5.69. The van der Waals surface area contributed by atoms with Crippen LogP contribution in [-0.2, 0) is 0 Å². The van der Waals surface area contributed by atoms with Crippen LogP contribution in [0, 0.1) is 11.3 Å². The third-order valence-electron chi connectivity index (χ3n) is 3.67. The van der Waals surface area contributed by atoms with Gasteiger partial charge in [0.25, 0.3) is 0 Å². The van der Waals surface area contributed by atoms with Gasteiger partial charge in [-0.1, -0.05) is 27.2 Å². The first kappa shape index (κ1) is 11.0. The van der Waals surface area contributed by atoms with E-state index in [4.69, 9.17) is 0 Å². The van der Waals surface area contributed by atoms with Gasteiger partial charge >= 0.3 is 0 Å². The highest BCUT2D eigenvalue weighted by atomic mass is 15.1. The van der Waals surface area contributed by atoms with Crippen LogP contribution in [-0.4, -0.2) is 24.5 Å². The molecule has 13 heavy (non-hydrogen) atoms. The van der Waals surface area contributed by atoms with Gasteiger partial charge in [0.05, 0.1) is 0 Å². The number of rotatable bonds is 0. The van der Waals surface area contributed by atoms with E-state index in [0.717, 1.165) is 12.0 Å². The Hall–Kier alpha value is -0.0400. The Morgan fingerprint density at radius 3 is 2.31 bits per heavy atom. The van der Waals surface area contributed by atoms with Crippen molar-refractivity contribution in [3.8, 4) is 0 Å². The van der Waals surface area contributed by atoms with Crippen molar-refractivity contribution in [2.45, 2.75) is 53.0 Å². The first-order valence-electron chi connectivity index (χ1n) is 5.63. The molecular formula is C12H25N. The third kappa shape index (κ3) is 2.70. The Morgan fingerprint density at radius 1 is 1.15 bits per heavy atom. The van der Waals surface area contributed by atoms with Crippen LogP contribution in [0.3, 0.4) is 0 Å². The molecule has 1 aliphatic heterocycles. The van der Waals surface area contributed by atoms with E-state index in [2.05, 4.69) is 39.6 Å². The maximum atomic E-state index is 2.53. The van der Waals surface area contributed by atoms with Gasteiger partial charge in [-0.2, -0.15) is 0 Å². The van der Waals surface area contributed by atoms with Crippen molar-refractivity contribution in [1.82, 2.24) is 4.90 Å². The molecule has 1 rings (SSSR count). The summed E-state index contributed by atoms with van der Waals surface area (Å²) in [5, 5.41) is 0. The molecule has 1 heteroatoms. The maximum absolute atomic E-state index is 2.53. The number of nitrogens with zero attached hydrogens (tertiary/aromatic N) is 1. The average molecular weight is 183 g/mol. The molecule has 2 unspecified atom stereocenters. The summed E-state index contributed by atoms with van der Waals surface area (Å²) in [5.41, 5.74) is 0.470. The first-order chi connectivity index (χ1) is 5.93. The fraction of sp³-hybridized carbons (Fsp3) is 1.00. The smallest absolute Gasteiger partial charge is 0.00971 e. The molecule has 0 bridgehead atoms. The van der Waals surface area contributed by atoms with E-state index in [1.807, 2.05) is 0 Å². The van der Waals surface area contributed by atoms with E-state index < -0.39 is 0 Å². The van der Waals surface area contributed by atoms with Gasteiger partial charge in [-0.25, -0.2) is 0 Å². The topological polar surface area (TPSA) is 3.24 Å². The molecule has 1 saturated heterocycles. The monoisotopic (exact) mass is 183 g/mol. The molecule has 1 heterocycles. The number of hydrogen-bond acceptors (Lipinski definition) is 1. The molecule has 1 fully saturated rings. The first-order valence-corrected chi connectivity index (χ1v) is 5.63. The van der Waals surface area contributed by atoms with Gasteiger partial charge in [-0.15, -0.1) is 0 Å². The standard InChI is InChI=1S/C12H25N/c1-10-11(12(2,3)4)8-6-7-9-13(10)5/h10-11H,6-9H2,1-5H3. The Balaban J connectivity index is 2.70. The minimum atomic E-state index is 0.470. The van der Waals surface area contributed by atoms with E-state index in [1.165, 1.54) is 25.8 Å². The molecule has 78 valence electrons. The summed E-state index contributed by atoms with van der Waals surface area (Å²) in [5.74, 6) is 0.861. The van der Waals surface area contributed by atoms with Gasteiger partial charge < -0.3 is 4.90 Å². The van der Waals surface area contributed by atoms with Gasteiger partial charge in [0.1, 0.15) is 0 Å². The lowest BCUT2D eigenvalue weighted by Crippen LogP contribution is -2.39. The highest BCUT2D eigenvalue weighted by Gasteiger charge is 2.32. The predicted octanol–water partition coefficient (Wildman–Crippen LogP) is 3.15. The van der Waals surface area contributed by atoms with E-state index >= 15 is 0 Å². The molecule has 0 amide bonds. The molecule has 0 spiro atoms. The minimum absolute atomic E-state index is 0.470.